The molecule has 0 aliphatic carbocycles. The Hall–Kier alpha value is -3.75. The molecule has 1 heterocycles. The fourth-order valence-corrected chi connectivity index (χ4v) is 5.76. The number of hydrogen-bond donors (Lipinski definition) is 0. The van der Waals surface area contributed by atoms with Crippen molar-refractivity contribution in [3.8, 4) is 0 Å². The number of carbonyl (C=O) groups is 1. The highest BCUT2D eigenvalue weighted by atomic mass is 32.2. The molecule has 4 aromatic carbocycles. The Bertz CT molecular complexity index is 1620. The summed E-state index contributed by atoms with van der Waals surface area (Å²) < 4.78 is 34.1. The van der Waals surface area contributed by atoms with E-state index in [9.17, 15) is 18.0 Å². The molecule has 0 radical (unpaired) electrons. The summed E-state index contributed by atoms with van der Waals surface area (Å²) >= 11 is 0.858. The second-order valence-electron chi connectivity index (χ2n) is 6.98. The molecule has 1 aromatic heterocycles. The van der Waals surface area contributed by atoms with Crippen LogP contribution in [0.3, 0.4) is 0 Å². The van der Waals surface area contributed by atoms with Crippen molar-refractivity contribution in [2.45, 2.75) is 4.90 Å². The summed E-state index contributed by atoms with van der Waals surface area (Å²) in [6.45, 7) is 0. The average molecular weight is 462 g/mol. The lowest BCUT2D eigenvalue weighted by Gasteiger charge is -2.24. The Kier molecular flexibility index (Phi) is 4.88. The Balaban J connectivity index is 1.86. The van der Waals surface area contributed by atoms with Crippen molar-refractivity contribution >= 4 is 54.0 Å². The summed E-state index contributed by atoms with van der Waals surface area (Å²) in [6.07, 6.45) is 0. The van der Waals surface area contributed by atoms with Gasteiger partial charge in [-0.3, -0.25) is 4.79 Å². The van der Waals surface area contributed by atoms with Crippen molar-refractivity contribution in [2.75, 3.05) is 4.31 Å². The summed E-state index contributed by atoms with van der Waals surface area (Å²) in [5, 5.41) is 1.03. The van der Waals surface area contributed by atoms with Gasteiger partial charge in [-0.1, -0.05) is 72.0 Å². The van der Waals surface area contributed by atoms with Crippen LogP contribution in [-0.4, -0.2) is 14.3 Å². The molecule has 0 saturated heterocycles. The van der Waals surface area contributed by atoms with Crippen LogP contribution in [0.4, 0.5) is 5.69 Å². The zero-order chi connectivity index (χ0) is 22.3. The fraction of sp³-hybridized carbons (Fsp3) is 0. The minimum absolute atomic E-state index is 0.0196. The zero-order valence-corrected chi connectivity index (χ0v) is 18.1. The van der Waals surface area contributed by atoms with E-state index in [1.807, 2.05) is 0 Å². The molecule has 32 heavy (non-hydrogen) atoms. The van der Waals surface area contributed by atoms with Gasteiger partial charge in [-0.05, 0) is 30.3 Å². The number of amides is 1. The molecule has 0 N–H and O–H groups in total. The van der Waals surface area contributed by atoms with Crippen LogP contribution >= 0.6 is 11.3 Å². The number of carbonyl (C=O) groups excluding carboxylic acids is 1. The fourth-order valence-electron chi connectivity index (χ4n) is 3.59. The molecular weight excluding hydrogens is 446 g/mol. The molecule has 5 rings (SSSR count). The van der Waals surface area contributed by atoms with E-state index in [0.29, 0.717) is 21.1 Å². The Morgan fingerprint density at radius 1 is 0.812 bits per heavy atom. The predicted octanol–water partition coefficient (Wildman–Crippen LogP) is 5.04. The number of anilines is 1. The van der Waals surface area contributed by atoms with Crippen LogP contribution in [0, 0.1) is 0 Å². The van der Waals surface area contributed by atoms with Gasteiger partial charge in [0.1, 0.15) is 0 Å². The summed E-state index contributed by atoms with van der Waals surface area (Å²) in [4.78, 5) is 25.0. The summed E-state index contributed by atoms with van der Waals surface area (Å²) in [6, 6.07) is 24.5. The smallest absolute Gasteiger partial charge is 0.396 e. The van der Waals surface area contributed by atoms with Crippen LogP contribution < -0.4 is 9.24 Å². The Morgan fingerprint density at radius 2 is 1.41 bits per heavy atom. The minimum Gasteiger partial charge on any atom is -0.413 e. The van der Waals surface area contributed by atoms with Gasteiger partial charge in [0.25, 0.3) is 15.9 Å². The van der Waals surface area contributed by atoms with Gasteiger partial charge in [0.05, 0.1) is 15.3 Å². The van der Waals surface area contributed by atoms with E-state index in [2.05, 4.69) is 0 Å². The maximum atomic E-state index is 13.8. The quantitative estimate of drug-likeness (QED) is 0.374. The lowest BCUT2D eigenvalue weighted by Crippen LogP contribution is -2.37. The number of benzene rings is 4. The zero-order valence-electron chi connectivity index (χ0n) is 16.5. The third-order valence-corrected chi connectivity index (χ3v) is 7.51. The van der Waals surface area contributed by atoms with Gasteiger partial charge in [0.15, 0.2) is 5.58 Å². The molecule has 0 bridgehead atoms. The van der Waals surface area contributed by atoms with Crippen LogP contribution in [-0.2, 0) is 10.0 Å². The van der Waals surface area contributed by atoms with Gasteiger partial charge in [-0.15, -0.1) is 0 Å². The van der Waals surface area contributed by atoms with Gasteiger partial charge in [-0.2, -0.15) is 4.31 Å². The molecule has 0 unspecified atom stereocenters. The summed E-state index contributed by atoms with van der Waals surface area (Å²) in [7, 11) is -4.28. The van der Waals surface area contributed by atoms with Crippen LogP contribution in [0.2, 0.25) is 0 Å². The van der Waals surface area contributed by atoms with Crippen LogP contribution in [0.15, 0.2) is 105 Å². The topological polar surface area (TPSA) is 84.7 Å². The molecule has 0 fully saturated rings. The van der Waals surface area contributed by atoms with E-state index in [4.69, 9.17) is 4.42 Å². The van der Waals surface area contributed by atoms with Crippen molar-refractivity contribution in [3.05, 3.63) is 106 Å². The molecule has 0 spiro atoms. The SMILES string of the molecule is O=C(c1ccccc1)N(c1cc2sc(=O)oc2c2ccccc12)S(=O)(=O)c1ccccc1. The lowest BCUT2D eigenvalue weighted by molar-refractivity contribution is 0.101. The van der Waals surface area contributed by atoms with Crippen molar-refractivity contribution in [1.29, 1.82) is 0 Å². The van der Waals surface area contributed by atoms with Crippen LogP contribution in [0.5, 0.6) is 0 Å². The Labute approximate surface area is 187 Å². The van der Waals surface area contributed by atoms with Crippen LogP contribution in [0.1, 0.15) is 10.4 Å². The summed E-state index contributed by atoms with van der Waals surface area (Å²) in [5.74, 6) is -0.699. The Morgan fingerprint density at radius 3 is 2.09 bits per heavy atom. The molecule has 0 aliphatic rings. The second kappa shape index (κ2) is 7.74. The number of sulfonamides is 1. The molecule has 1 amide bonds. The van der Waals surface area contributed by atoms with Gasteiger partial charge < -0.3 is 4.42 Å². The lowest BCUT2D eigenvalue weighted by atomic mass is 10.1. The summed E-state index contributed by atoms with van der Waals surface area (Å²) in [5.41, 5.74) is 0.739. The van der Waals surface area contributed by atoms with Gasteiger partial charge in [0, 0.05) is 16.3 Å². The molecule has 8 heteroatoms. The van der Waals surface area contributed by atoms with Crippen molar-refractivity contribution < 1.29 is 17.6 Å². The first-order valence-corrected chi connectivity index (χ1v) is 11.9. The average Bonchev–Trinajstić information content (AvgIpc) is 3.20. The third-order valence-electron chi connectivity index (χ3n) is 5.02. The van der Waals surface area contributed by atoms with Crippen molar-refractivity contribution in [3.63, 3.8) is 0 Å². The first-order chi connectivity index (χ1) is 15.5. The van der Waals surface area contributed by atoms with E-state index in [1.54, 1.807) is 72.8 Å². The number of fused-ring (bicyclic) bond motifs is 3. The largest absolute Gasteiger partial charge is 0.413 e. The first kappa shape index (κ1) is 20.2. The molecular formula is C24H15NO5S2. The number of hydrogen-bond acceptors (Lipinski definition) is 6. The highest BCUT2D eigenvalue weighted by molar-refractivity contribution is 7.93. The molecule has 6 nitrogen and oxygen atoms in total. The highest BCUT2D eigenvalue weighted by Crippen LogP contribution is 2.38. The number of rotatable bonds is 4. The van der Waals surface area contributed by atoms with Crippen LogP contribution in [0.25, 0.3) is 21.1 Å². The first-order valence-electron chi connectivity index (χ1n) is 9.62. The normalized spacial score (nSPS) is 11.6. The minimum atomic E-state index is -4.28. The van der Waals surface area contributed by atoms with E-state index in [-0.39, 0.29) is 16.1 Å². The monoisotopic (exact) mass is 461 g/mol. The van der Waals surface area contributed by atoms with E-state index in [1.165, 1.54) is 18.2 Å². The van der Waals surface area contributed by atoms with E-state index in [0.717, 1.165) is 15.6 Å². The standard InChI is InChI=1S/C24H15NO5S2/c26-23(16-9-3-1-4-10-16)25(32(28,29)17-11-5-2-6-12-17)20-15-21-22(30-24(27)31-21)19-14-8-7-13-18(19)20/h1-15H. The predicted molar refractivity (Wildman–Crippen MR) is 125 cm³/mol. The van der Waals surface area contributed by atoms with Gasteiger partial charge in [-0.25, -0.2) is 13.2 Å². The van der Waals surface area contributed by atoms with Crippen molar-refractivity contribution in [1.82, 2.24) is 0 Å². The van der Waals surface area contributed by atoms with Gasteiger partial charge >= 0.3 is 4.94 Å². The maximum Gasteiger partial charge on any atom is 0.396 e. The maximum absolute atomic E-state index is 13.8. The molecule has 0 aliphatic heterocycles. The van der Waals surface area contributed by atoms with Gasteiger partial charge in [0.2, 0.25) is 0 Å². The van der Waals surface area contributed by atoms with Crippen molar-refractivity contribution in [2.24, 2.45) is 0 Å². The number of nitrogens with zero attached hydrogens (tertiary/aromatic N) is 1. The highest BCUT2D eigenvalue weighted by Gasteiger charge is 2.33. The second-order valence-corrected chi connectivity index (χ2v) is 9.74. The molecule has 5 aromatic rings. The van der Waals surface area contributed by atoms with E-state index >= 15 is 0 Å². The van der Waals surface area contributed by atoms with E-state index < -0.39 is 20.9 Å². The third kappa shape index (κ3) is 3.30. The molecule has 0 atom stereocenters. The molecule has 158 valence electrons. The molecule has 0 saturated carbocycles.